The largest absolute Gasteiger partial charge is 0.485 e. The zero-order valence-electron chi connectivity index (χ0n) is 17.5. The summed E-state index contributed by atoms with van der Waals surface area (Å²) in [7, 11) is -3.95. The number of phosphoric acid groups is 1. The second kappa shape index (κ2) is 7.70. The van der Waals surface area contributed by atoms with Crippen molar-refractivity contribution in [2.24, 2.45) is 11.3 Å². The van der Waals surface area contributed by atoms with Crippen LogP contribution in [0.15, 0.2) is 18.2 Å². The first-order valence-electron chi connectivity index (χ1n) is 9.97. The van der Waals surface area contributed by atoms with E-state index in [9.17, 15) is 36.0 Å². The van der Waals surface area contributed by atoms with Crippen LogP contribution >= 0.6 is 7.82 Å². The molecule has 4 saturated heterocycles. The summed E-state index contributed by atoms with van der Waals surface area (Å²) in [5.74, 6) is 2.78. The fourth-order valence-corrected chi connectivity index (χ4v) is 5.61. The molecule has 0 aromatic heterocycles. The smallest absolute Gasteiger partial charge is 0.396 e. The van der Waals surface area contributed by atoms with Crippen LogP contribution in [0.25, 0.3) is 0 Å². The Hall–Kier alpha value is -1.61. The fourth-order valence-electron chi connectivity index (χ4n) is 4.11. The molecule has 0 saturated carbocycles. The maximum atomic E-state index is 13.1. The van der Waals surface area contributed by atoms with Gasteiger partial charge in [0.25, 0.3) is 0 Å². The molecular formula is C20H20F6NO5P. The van der Waals surface area contributed by atoms with Gasteiger partial charge in [-0.15, -0.1) is 0 Å². The normalized spacial score (nSPS) is 32.4. The maximum Gasteiger partial charge on any atom is 0.485 e. The molecule has 4 fully saturated rings. The third-order valence-corrected chi connectivity index (χ3v) is 7.56. The Morgan fingerprint density at radius 3 is 2.21 bits per heavy atom. The second-order valence-electron chi connectivity index (χ2n) is 8.88. The van der Waals surface area contributed by atoms with E-state index < -0.39 is 54.4 Å². The first-order chi connectivity index (χ1) is 15.1. The average Bonchev–Trinajstić information content (AvgIpc) is 2.69. The van der Waals surface area contributed by atoms with Gasteiger partial charge in [0.1, 0.15) is 6.23 Å². The minimum absolute atomic E-state index is 0.00290. The van der Waals surface area contributed by atoms with E-state index in [1.165, 1.54) is 4.90 Å². The van der Waals surface area contributed by atoms with Crippen LogP contribution < -0.4 is 0 Å². The van der Waals surface area contributed by atoms with Crippen LogP contribution in [0.1, 0.15) is 43.4 Å². The van der Waals surface area contributed by atoms with Crippen LogP contribution in [0.2, 0.25) is 0 Å². The molecule has 6 nitrogen and oxygen atoms in total. The monoisotopic (exact) mass is 499 g/mol. The third kappa shape index (κ3) is 4.55. The molecule has 2 atom stereocenters. The molecular weight excluding hydrogens is 479 g/mol. The molecule has 0 amide bonds. The van der Waals surface area contributed by atoms with Crippen LogP contribution in [-0.2, 0) is 30.5 Å². The van der Waals surface area contributed by atoms with Crippen LogP contribution in [0.5, 0.6) is 0 Å². The fraction of sp³-hybridized carbons (Fsp3) is 0.600. The van der Waals surface area contributed by atoms with Gasteiger partial charge >= 0.3 is 26.1 Å². The lowest BCUT2D eigenvalue weighted by Gasteiger charge is -2.58. The maximum absolute atomic E-state index is 13.1. The van der Waals surface area contributed by atoms with Gasteiger partial charge in [0, 0.05) is 18.7 Å². The Labute approximate surface area is 185 Å². The first-order valence-corrected chi connectivity index (χ1v) is 11.4. The average molecular weight is 499 g/mol. The summed E-state index contributed by atoms with van der Waals surface area (Å²) in [4.78, 5) is 1.49. The number of hydrogen-bond donors (Lipinski definition) is 1. The van der Waals surface area contributed by atoms with Crippen LogP contribution in [0, 0.1) is 23.2 Å². The summed E-state index contributed by atoms with van der Waals surface area (Å²) in [6.45, 7) is 3.92. The zero-order valence-corrected chi connectivity index (χ0v) is 18.4. The molecule has 33 heavy (non-hydrogen) atoms. The molecule has 4 aliphatic rings. The SMILES string of the molecule is CC(C)(CO)C1CCN2C(C1)OP1(=O)OC2(C#Cc2cc(C(F)(F)F)cc(C(F)(F)F)c2)O1. The molecule has 0 spiro atoms. The number of rotatable bonds is 2. The molecule has 182 valence electrons. The van der Waals surface area contributed by atoms with Crippen molar-refractivity contribution in [3.63, 3.8) is 0 Å². The summed E-state index contributed by atoms with van der Waals surface area (Å²) < 4.78 is 107. The number of halogens is 6. The van der Waals surface area contributed by atoms with Gasteiger partial charge in [-0.2, -0.15) is 26.3 Å². The lowest BCUT2D eigenvalue weighted by molar-refractivity contribution is -0.347. The Morgan fingerprint density at radius 1 is 1.12 bits per heavy atom. The van der Waals surface area contributed by atoms with Crippen molar-refractivity contribution in [1.82, 2.24) is 4.90 Å². The van der Waals surface area contributed by atoms with Crippen molar-refractivity contribution < 1.29 is 49.6 Å². The predicted molar refractivity (Wildman–Crippen MR) is 101 cm³/mol. The van der Waals surface area contributed by atoms with Crippen LogP contribution in [-0.4, -0.2) is 35.3 Å². The first kappa shape index (κ1) is 24.5. The van der Waals surface area contributed by atoms with E-state index in [1.807, 2.05) is 13.8 Å². The van der Waals surface area contributed by atoms with Gasteiger partial charge in [0.05, 0.1) is 11.1 Å². The molecule has 1 aromatic carbocycles. The van der Waals surface area contributed by atoms with Gasteiger partial charge < -0.3 is 5.11 Å². The van der Waals surface area contributed by atoms with E-state index in [0.717, 1.165) is 0 Å². The minimum Gasteiger partial charge on any atom is -0.396 e. The van der Waals surface area contributed by atoms with Crippen molar-refractivity contribution in [2.45, 2.75) is 51.2 Å². The highest BCUT2D eigenvalue weighted by Gasteiger charge is 2.69. The van der Waals surface area contributed by atoms with Crippen molar-refractivity contribution in [2.75, 3.05) is 13.2 Å². The zero-order chi connectivity index (χ0) is 24.4. The molecule has 2 bridgehead atoms. The van der Waals surface area contributed by atoms with Gasteiger partial charge in [0.2, 0.25) is 0 Å². The van der Waals surface area contributed by atoms with Gasteiger partial charge in [-0.3, -0.25) is 4.52 Å². The Bertz CT molecular complexity index is 1020. The van der Waals surface area contributed by atoms with E-state index in [4.69, 9.17) is 13.6 Å². The lowest BCUT2D eigenvalue weighted by Crippen LogP contribution is -2.67. The van der Waals surface area contributed by atoms with Gasteiger partial charge in [-0.1, -0.05) is 19.8 Å². The van der Waals surface area contributed by atoms with Crippen molar-refractivity contribution in [3.8, 4) is 11.8 Å². The second-order valence-corrected chi connectivity index (χ2v) is 10.3. The highest BCUT2D eigenvalue weighted by atomic mass is 31.2. The van der Waals surface area contributed by atoms with Gasteiger partial charge in [0.15, 0.2) is 0 Å². The number of benzene rings is 1. The van der Waals surface area contributed by atoms with Gasteiger partial charge in [-0.05, 0) is 48.3 Å². The molecule has 0 aliphatic carbocycles. The molecule has 1 aromatic rings. The van der Waals surface area contributed by atoms with Crippen LogP contribution in [0.3, 0.4) is 0 Å². The minimum atomic E-state index is -5.01. The number of hydrogen-bond acceptors (Lipinski definition) is 6. The van der Waals surface area contributed by atoms with E-state index >= 15 is 0 Å². The molecule has 0 radical (unpaired) electrons. The summed E-state index contributed by atoms with van der Waals surface area (Å²) in [6, 6.07) is 0.986. The number of nitrogens with zero attached hydrogens (tertiary/aromatic N) is 1. The summed E-state index contributed by atoms with van der Waals surface area (Å²) >= 11 is 0. The Balaban J connectivity index is 1.66. The summed E-state index contributed by atoms with van der Waals surface area (Å²) in [5.41, 5.74) is -4.01. The number of piperidine rings is 1. The van der Waals surface area contributed by atoms with E-state index in [1.54, 1.807) is 0 Å². The Kier molecular flexibility index (Phi) is 5.72. The van der Waals surface area contributed by atoms with E-state index in [0.29, 0.717) is 25.0 Å². The lowest BCUT2D eigenvalue weighted by atomic mass is 9.73. The number of aliphatic hydroxyl groups excluding tert-OH is 1. The molecule has 1 N–H and O–H groups in total. The topological polar surface area (TPSA) is 68.2 Å². The highest BCUT2D eigenvalue weighted by molar-refractivity contribution is 7.49. The van der Waals surface area contributed by atoms with Crippen molar-refractivity contribution in [1.29, 1.82) is 0 Å². The number of phosphoric ester groups is 1. The van der Waals surface area contributed by atoms with Crippen molar-refractivity contribution in [3.05, 3.63) is 34.9 Å². The van der Waals surface area contributed by atoms with E-state index in [-0.39, 0.29) is 25.1 Å². The molecule has 4 aliphatic heterocycles. The highest BCUT2D eigenvalue weighted by Crippen LogP contribution is 2.71. The van der Waals surface area contributed by atoms with Crippen LogP contribution in [0.4, 0.5) is 26.3 Å². The van der Waals surface area contributed by atoms with Gasteiger partial charge in [-0.25, -0.2) is 18.5 Å². The summed E-state index contributed by atoms with van der Waals surface area (Å²) in [6.07, 6.45) is -9.88. The Morgan fingerprint density at radius 2 is 1.70 bits per heavy atom. The quantitative estimate of drug-likeness (QED) is 0.352. The third-order valence-electron chi connectivity index (χ3n) is 6.12. The molecule has 5 rings (SSSR count). The number of alkyl halides is 6. The molecule has 2 unspecified atom stereocenters. The van der Waals surface area contributed by atoms with Crippen molar-refractivity contribution >= 4 is 7.82 Å². The number of aliphatic hydroxyl groups is 1. The molecule has 13 heteroatoms. The predicted octanol–water partition coefficient (Wildman–Crippen LogP) is 4.97. The molecule has 4 heterocycles. The summed E-state index contributed by atoms with van der Waals surface area (Å²) in [5, 5.41) is 9.63. The van der Waals surface area contributed by atoms with E-state index in [2.05, 4.69) is 11.8 Å². The standard InChI is InChI=1S/C20H20F6NO5P/c1-17(2,11-28)13-4-6-27-16(10-13)30-33(29)31-18(27,32-33)5-3-12-7-14(19(21,22)23)9-15(8-12)20(24,25)26/h7-9,13,16,28H,4,6,10-11H2,1-2H3.